The third kappa shape index (κ3) is 4.20. The zero-order valence-electron chi connectivity index (χ0n) is 16.5. The zero-order valence-corrected chi connectivity index (χ0v) is 16.5. The highest BCUT2D eigenvalue weighted by atomic mass is 16.2. The molecule has 0 fully saturated rings. The molecule has 148 valence electrons. The number of rotatable bonds is 7. The van der Waals surface area contributed by atoms with Gasteiger partial charge in [-0.05, 0) is 38.7 Å². The molecular weight excluding hydrogens is 364 g/mol. The van der Waals surface area contributed by atoms with E-state index in [1.54, 1.807) is 6.20 Å². The van der Waals surface area contributed by atoms with Crippen LogP contribution in [0.2, 0.25) is 0 Å². The summed E-state index contributed by atoms with van der Waals surface area (Å²) in [5.41, 5.74) is 3.04. The Morgan fingerprint density at radius 3 is 2.69 bits per heavy atom. The van der Waals surface area contributed by atoms with E-state index >= 15 is 0 Å². The second-order valence-corrected chi connectivity index (χ2v) is 7.30. The quantitative estimate of drug-likeness (QED) is 0.507. The molecule has 2 heterocycles. The molecule has 2 N–H and O–H groups in total. The van der Waals surface area contributed by atoms with Gasteiger partial charge >= 0.3 is 0 Å². The summed E-state index contributed by atoms with van der Waals surface area (Å²) < 4.78 is 1.91. The molecule has 4 aromatic rings. The van der Waals surface area contributed by atoms with E-state index in [-0.39, 0.29) is 11.9 Å². The number of nitrogens with zero attached hydrogens (tertiary/aromatic N) is 4. The number of hydrogen-bond donors (Lipinski definition) is 2. The number of hydrogen-bond acceptors (Lipinski definition) is 4. The molecule has 2 aromatic carbocycles. The summed E-state index contributed by atoms with van der Waals surface area (Å²) in [5.74, 6) is -0.258. The Labute approximate surface area is 169 Å². The molecule has 0 saturated heterocycles. The average molecular weight is 388 g/mol. The monoisotopic (exact) mass is 388 g/mol. The number of para-hydroxylation sites is 1. The summed E-state index contributed by atoms with van der Waals surface area (Å²) in [6.07, 6.45) is 4.47. The molecule has 0 spiro atoms. The lowest BCUT2D eigenvalue weighted by atomic mass is 10.0. The van der Waals surface area contributed by atoms with Crippen molar-refractivity contribution in [1.29, 1.82) is 0 Å². The predicted octanol–water partition coefficient (Wildman–Crippen LogP) is 3.55. The molecule has 0 aliphatic carbocycles. The Hall–Kier alpha value is -3.45. The summed E-state index contributed by atoms with van der Waals surface area (Å²) in [5, 5.41) is 15.3. The second kappa shape index (κ2) is 8.28. The van der Waals surface area contributed by atoms with Gasteiger partial charge < -0.3 is 10.2 Å². The smallest absolute Gasteiger partial charge is 0.276 e. The summed E-state index contributed by atoms with van der Waals surface area (Å²) in [4.78, 5) is 14.9. The average Bonchev–Trinajstić information content (AvgIpc) is 3.36. The van der Waals surface area contributed by atoms with Crippen molar-refractivity contribution in [3.05, 3.63) is 78.2 Å². The van der Waals surface area contributed by atoms with Crippen LogP contribution in [0.1, 0.15) is 28.5 Å². The number of carbonyl (C=O) groups excluding carboxylic acids is 1. The summed E-state index contributed by atoms with van der Waals surface area (Å²) >= 11 is 0. The van der Waals surface area contributed by atoms with Crippen molar-refractivity contribution in [1.82, 2.24) is 24.9 Å². The standard InChI is InChI=1S/C22H24N6O/c1-27(2)13-12-20(16-8-4-3-5-9-16)28-15-17(14-23-28)24-22(29)21-18-10-6-7-11-19(18)25-26-21/h3-11,14-15,20H,12-13H2,1-2H3,(H,24,29)(H,25,26). The van der Waals surface area contributed by atoms with Crippen LogP contribution < -0.4 is 5.32 Å². The third-order valence-electron chi connectivity index (χ3n) is 4.90. The molecule has 1 atom stereocenters. The Bertz CT molecular complexity index is 1100. The SMILES string of the molecule is CN(C)CCC(c1ccccc1)n1cc(NC(=O)c2n[nH]c3ccccc23)cn1. The zero-order chi connectivity index (χ0) is 20.2. The number of aromatic amines is 1. The van der Waals surface area contributed by atoms with Gasteiger partial charge in [0.05, 0.1) is 23.4 Å². The topological polar surface area (TPSA) is 78.8 Å². The lowest BCUT2D eigenvalue weighted by Gasteiger charge is -2.20. The molecule has 0 saturated carbocycles. The van der Waals surface area contributed by atoms with Crippen LogP contribution >= 0.6 is 0 Å². The minimum absolute atomic E-state index is 0.0930. The van der Waals surface area contributed by atoms with Crippen LogP contribution in [0.4, 0.5) is 5.69 Å². The fraction of sp³-hybridized carbons (Fsp3) is 0.227. The van der Waals surface area contributed by atoms with Crippen LogP contribution in [0, 0.1) is 0 Å². The second-order valence-electron chi connectivity index (χ2n) is 7.30. The predicted molar refractivity (Wildman–Crippen MR) is 114 cm³/mol. The van der Waals surface area contributed by atoms with E-state index in [0.717, 1.165) is 23.9 Å². The molecule has 4 rings (SSSR count). The summed E-state index contributed by atoms with van der Waals surface area (Å²) in [6.45, 7) is 0.931. The number of H-pyrrole nitrogens is 1. The highest BCUT2D eigenvalue weighted by molar-refractivity contribution is 6.10. The summed E-state index contributed by atoms with van der Waals surface area (Å²) in [7, 11) is 4.12. The molecule has 0 bridgehead atoms. The molecule has 7 nitrogen and oxygen atoms in total. The molecular formula is C22H24N6O. The number of amides is 1. The van der Waals surface area contributed by atoms with Crippen molar-refractivity contribution >= 4 is 22.5 Å². The first-order valence-corrected chi connectivity index (χ1v) is 9.60. The molecule has 1 amide bonds. The van der Waals surface area contributed by atoms with Gasteiger partial charge in [0.15, 0.2) is 5.69 Å². The molecule has 7 heteroatoms. The normalized spacial score (nSPS) is 12.4. The molecule has 0 aliphatic heterocycles. The van der Waals surface area contributed by atoms with Gasteiger partial charge in [-0.2, -0.15) is 10.2 Å². The number of benzene rings is 2. The van der Waals surface area contributed by atoms with Gasteiger partial charge in [0.1, 0.15) is 0 Å². The van der Waals surface area contributed by atoms with E-state index in [1.807, 2.05) is 53.3 Å². The summed E-state index contributed by atoms with van der Waals surface area (Å²) in [6, 6.07) is 18.0. The third-order valence-corrected chi connectivity index (χ3v) is 4.90. The van der Waals surface area contributed by atoms with Crippen LogP contribution in [0.15, 0.2) is 67.0 Å². The molecule has 0 aliphatic rings. The van der Waals surface area contributed by atoms with Gasteiger partial charge in [0.25, 0.3) is 5.91 Å². The van der Waals surface area contributed by atoms with Crippen LogP contribution in [0.3, 0.4) is 0 Å². The number of nitrogens with one attached hydrogen (secondary N) is 2. The highest BCUT2D eigenvalue weighted by Gasteiger charge is 2.18. The number of aromatic nitrogens is 4. The Morgan fingerprint density at radius 2 is 1.90 bits per heavy atom. The van der Waals surface area contributed by atoms with Gasteiger partial charge in [-0.3, -0.25) is 14.6 Å². The lowest BCUT2D eigenvalue weighted by molar-refractivity contribution is 0.102. The van der Waals surface area contributed by atoms with Crippen LogP contribution in [0.25, 0.3) is 10.9 Å². The van der Waals surface area contributed by atoms with Crippen LogP contribution in [-0.4, -0.2) is 51.4 Å². The number of anilines is 1. The van der Waals surface area contributed by atoms with Gasteiger partial charge in [-0.25, -0.2) is 0 Å². The van der Waals surface area contributed by atoms with E-state index in [4.69, 9.17) is 0 Å². The fourth-order valence-electron chi connectivity index (χ4n) is 3.41. The van der Waals surface area contributed by atoms with Crippen molar-refractivity contribution in [2.24, 2.45) is 0 Å². The first-order valence-electron chi connectivity index (χ1n) is 9.60. The molecule has 0 radical (unpaired) electrons. The molecule has 2 aromatic heterocycles. The number of fused-ring (bicyclic) bond motifs is 1. The maximum absolute atomic E-state index is 12.7. The Kier molecular flexibility index (Phi) is 5.39. The minimum atomic E-state index is -0.258. The van der Waals surface area contributed by atoms with Gasteiger partial charge in [0, 0.05) is 11.6 Å². The van der Waals surface area contributed by atoms with Gasteiger partial charge in [-0.1, -0.05) is 48.5 Å². The van der Waals surface area contributed by atoms with E-state index in [9.17, 15) is 4.79 Å². The van der Waals surface area contributed by atoms with Crippen LogP contribution in [0.5, 0.6) is 0 Å². The number of carbonyl (C=O) groups is 1. The van der Waals surface area contributed by atoms with Gasteiger partial charge in [-0.15, -0.1) is 0 Å². The fourth-order valence-corrected chi connectivity index (χ4v) is 3.41. The van der Waals surface area contributed by atoms with Crippen molar-refractivity contribution < 1.29 is 4.79 Å². The van der Waals surface area contributed by atoms with Crippen molar-refractivity contribution in [3.63, 3.8) is 0 Å². The van der Waals surface area contributed by atoms with Crippen molar-refractivity contribution in [3.8, 4) is 0 Å². The van der Waals surface area contributed by atoms with E-state index in [2.05, 4.69) is 51.7 Å². The Balaban J connectivity index is 1.55. The molecule has 1 unspecified atom stereocenters. The van der Waals surface area contributed by atoms with E-state index in [0.29, 0.717) is 11.4 Å². The van der Waals surface area contributed by atoms with Crippen molar-refractivity contribution in [2.75, 3.05) is 26.0 Å². The largest absolute Gasteiger partial charge is 0.318 e. The highest BCUT2D eigenvalue weighted by Crippen LogP contribution is 2.23. The van der Waals surface area contributed by atoms with E-state index in [1.165, 1.54) is 5.56 Å². The maximum Gasteiger partial charge on any atom is 0.276 e. The first-order chi connectivity index (χ1) is 14.1. The van der Waals surface area contributed by atoms with Gasteiger partial charge in [0.2, 0.25) is 0 Å². The van der Waals surface area contributed by atoms with Crippen LogP contribution in [-0.2, 0) is 0 Å². The van der Waals surface area contributed by atoms with Crippen molar-refractivity contribution in [2.45, 2.75) is 12.5 Å². The minimum Gasteiger partial charge on any atom is -0.318 e. The van der Waals surface area contributed by atoms with E-state index < -0.39 is 0 Å². The maximum atomic E-state index is 12.7. The first kappa shape index (κ1) is 18.9. The molecule has 29 heavy (non-hydrogen) atoms. The lowest BCUT2D eigenvalue weighted by Crippen LogP contribution is -2.20. The Morgan fingerprint density at radius 1 is 1.14 bits per heavy atom.